The van der Waals surface area contributed by atoms with E-state index in [1.807, 2.05) is 0 Å². The number of hydrogen-bond donors (Lipinski definition) is 2. The zero-order valence-corrected chi connectivity index (χ0v) is 21.1. The first kappa shape index (κ1) is 25.8. The summed E-state index contributed by atoms with van der Waals surface area (Å²) >= 11 is 6.05. The number of benzene rings is 1. The Morgan fingerprint density at radius 3 is 2.65 bits per heavy atom. The Bertz CT molecular complexity index is 1070. The van der Waals surface area contributed by atoms with Crippen LogP contribution in [0.3, 0.4) is 0 Å². The Morgan fingerprint density at radius 1 is 1.29 bits per heavy atom. The molecule has 2 atom stereocenters. The summed E-state index contributed by atoms with van der Waals surface area (Å²) < 4.78 is 16.6. The van der Waals surface area contributed by atoms with Crippen molar-refractivity contribution in [1.82, 2.24) is 15.2 Å². The van der Waals surface area contributed by atoms with Crippen LogP contribution in [-0.4, -0.2) is 64.5 Å². The van der Waals surface area contributed by atoms with Crippen molar-refractivity contribution in [1.29, 1.82) is 0 Å². The van der Waals surface area contributed by atoms with Crippen LogP contribution in [-0.2, 0) is 19.0 Å². The van der Waals surface area contributed by atoms with Gasteiger partial charge in [0.25, 0.3) is 5.91 Å². The third-order valence-corrected chi connectivity index (χ3v) is 5.64. The molecule has 2 aromatic rings. The number of carbonyl (C=O) groups excluding carboxylic acids is 3. The van der Waals surface area contributed by atoms with Crippen molar-refractivity contribution in [3.63, 3.8) is 0 Å². The van der Waals surface area contributed by atoms with Crippen molar-refractivity contribution in [3.8, 4) is 0 Å². The molecule has 2 amide bonds. The zero-order chi connectivity index (χ0) is 25.3. The molecule has 0 aliphatic carbocycles. The first-order chi connectivity index (χ1) is 15.8. The van der Waals surface area contributed by atoms with Crippen LogP contribution in [0.5, 0.6) is 0 Å². The quantitative estimate of drug-likeness (QED) is 0.582. The zero-order valence-electron chi connectivity index (χ0n) is 20.4. The summed E-state index contributed by atoms with van der Waals surface area (Å²) in [5, 5.41) is 4.22. The van der Waals surface area contributed by atoms with Gasteiger partial charge in [0.1, 0.15) is 17.0 Å². The number of H-pyrrole nitrogens is 1. The number of amides is 2. The second-order valence-corrected chi connectivity index (χ2v) is 10.1. The SMILES string of the molecule is CCOC(=O)CC(NC(=O)c1cc2cc(Cl)ccc2[nH]1)C1COC(C)(C)N1C(=O)OC(C)(C)C. The largest absolute Gasteiger partial charge is 0.466 e. The van der Waals surface area contributed by atoms with Crippen molar-refractivity contribution in [3.05, 3.63) is 35.0 Å². The highest BCUT2D eigenvalue weighted by molar-refractivity contribution is 6.31. The van der Waals surface area contributed by atoms with Gasteiger partial charge >= 0.3 is 12.1 Å². The summed E-state index contributed by atoms with van der Waals surface area (Å²) in [6, 6.07) is 5.49. The van der Waals surface area contributed by atoms with E-state index in [0.29, 0.717) is 10.7 Å². The number of ether oxygens (including phenoxy) is 3. The second kappa shape index (κ2) is 9.84. The number of halogens is 1. The number of aromatic nitrogens is 1. The highest BCUT2D eigenvalue weighted by Gasteiger charge is 2.49. The van der Waals surface area contributed by atoms with Crippen LogP contribution in [0.15, 0.2) is 24.3 Å². The van der Waals surface area contributed by atoms with Crippen LogP contribution in [0.4, 0.5) is 4.79 Å². The molecule has 2 heterocycles. The number of hydrogen-bond acceptors (Lipinski definition) is 6. The van der Waals surface area contributed by atoms with Gasteiger partial charge in [0.2, 0.25) is 0 Å². The van der Waals surface area contributed by atoms with Crippen molar-refractivity contribution >= 4 is 40.5 Å². The molecule has 1 aromatic heterocycles. The van der Waals surface area contributed by atoms with Gasteiger partial charge in [-0.05, 0) is 65.8 Å². The number of rotatable bonds is 6. The number of esters is 1. The number of nitrogens with zero attached hydrogens (tertiary/aromatic N) is 1. The number of nitrogens with one attached hydrogen (secondary N) is 2. The summed E-state index contributed by atoms with van der Waals surface area (Å²) in [7, 11) is 0. The fraction of sp³-hybridized carbons (Fsp3) is 0.542. The van der Waals surface area contributed by atoms with Gasteiger partial charge in [-0.15, -0.1) is 0 Å². The van der Waals surface area contributed by atoms with Gasteiger partial charge < -0.3 is 24.5 Å². The van der Waals surface area contributed by atoms with E-state index in [2.05, 4.69) is 10.3 Å². The predicted molar refractivity (Wildman–Crippen MR) is 128 cm³/mol. The molecule has 1 fully saturated rings. The monoisotopic (exact) mass is 493 g/mol. The van der Waals surface area contributed by atoms with Gasteiger partial charge in [0.15, 0.2) is 0 Å². The number of aromatic amines is 1. The molecule has 3 rings (SSSR count). The molecule has 1 saturated heterocycles. The van der Waals surface area contributed by atoms with Gasteiger partial charge in [0, 0.05) is 15.9 Å². The summed E-state index contributed by atoms with van der Waals surface area (Å²) in [6.07, 6.45) is -0.738. The molecule has 1 aliphatic heterocycles. The van der Waals surface area contributed by atoms with Crippen molar-refractivity contribution < 1.29 is 28.6 Å². The average molecular weight is 494 g/mol. The number of carbonyl (C=O) groups is 3. The third kappa shape index (κ3) is 6.01. The standard InChI is InChI=1S/C24H32ClN3O6/c1-7-32-20(29)12-17(19-13-33-24(5,6)28(19)22(31)34-23(2,3)4)27-21(30)18-11-14-10-15(25)8-9-16(14)26-18/h8-11,17,19,26H,7,12-13H2,1-6H3,(H,27,30). The first-order valence-corrected chi connectivity index (χ1v) is 11.6. The second-order valence-electron chi connectivity index (χ2n) is 9.68. The molecule has 186 valence electrons. The first-order valence-electron chi connectivity index (χ1n) is 11.2. The van der Waals surface area contributed by atoms with Crippen LogP contribution in [0.1, 0.15) is 58.5 Å². The smallest absolute Gasteiger partial charge is 0.412 e. The molecular formula is C24H32ClN3O6. The van der Waals surface area contributed by atoms with Gasteiger partial charge in [-0.25, -0.2) is 4.79 Å². The van der Waals surface area contributed by atoms with E-state index in [1.165, 1.54) is 4.90 Å². The van der Waals surface area contributed by atoms with Crippen LogP contribution < -0.4 is 5.32 Å². The lowest BCUT2D eigenvalue weighted by Gasteiger charge is -2.37. The Kier molecular flexibility index (Phi) is 7.47. The lowest BCUT2D eigenvalue weighted by Crippen LogP contribution is -2.57. The van der Waals surface area contributed by atoms with Crippen LogP contribution in [0.25, 0.3) is 10.9 Å². The molecule has 0 radical (unpaired) electrons. The number of fused-ring (bicyclic) bond motifs is 1. The molecular weight excluding hydrogens is 462 g/mol. The highest BCUT2D eigenvalue weighted by Crippen LogP contribution is 2.32. The van der Waals surface area contributed by atoms with E-state index in [0.717, 1.165) is 10.9 Å². The normalized spacial score (nSPS) is 18.6. The lowest BCUT2D eigenvalue weighted by atomic mass is 10.0. The molecule has 2 unspecified atom stereocenters. The maximum atomic E-state index is 13.2. The summed E-state index contributed by atoms with van der Waals surface area (Å²) in [6.45, 7) is 10.8. The molecule has 34 heavy (non-hydrogen) atoms. The van der Waals surface area contributed by atoms with E-state index in [4.69, 9.17) is 25.8 Å². The van der Waals surface area contributed by atoms with E-state index in [1.54, 1.807) is 65.8 Å². The molecule has 1 aliphatic rings. The van der Waals surface area contributed by atoms with Crippen LogP contribution in [0.2, 0.25) is 5.02 Å². The maximum Gasteiger partial charge on any atom is 0.412 e. The maximum absolute atomic E-state index is 13.2. The van der Waals surface area contributed by atoms with Crippen LogP contribution >= 0.6 is 11.6 Å². The summed E-state index contributed by atoms with van der Waals surface area (Å²) in [5.41, 5.74) is -0.681. The van der Waals surface area contributed by atoms with E-state index in [9.17, 15) is 14.4 Å². The predicted octanol–water partition coefficient (Wildman–Crippen LogP) is 4.24. The minimum Gasteiger partial charge on any atom is -0.466 e. The van der Waals surface area contributed by atoms with Gasteiger partial charge in [-0.2, -0.15) is 0 Å². The molecule has 10 heteroatoms. The fourth-order valence-corrected chi connectivity index (χ4v) is 4.13. The summed E-state index contributed by atoms with van der Waals surface area (Å²) in [4.78, 5) is 43.1. The molecule has 0 saturated carbocycles. The van der Waals surface area contributed by atoms with Crippen molar-refractivity contribution in [2.45, 2.75) is 71.4 Å². The van der Waals surface area contributed by atoms with E-state index < -0.39 is 41.4 Å². The molecule has 2 N–H and O–H groups in total. The molecule has 1 aromatic carbocycles. The molecule has 0 bridgehead atoms. The third-order valence-electron chi connectivity index (χ3n) is 5.41. The van der Waals surface area contributed by atoms with Crippen LogP contribution in [0, 0.1) is 0 Å². The van der Waals surface area contributed by atoms with Gasteiger partial charge in [-0.1, -0.05) is 11.6 Å². The van der Waals surface area contributed by atoms with Crippen molar-refractivity contribution in [2.75, 3.05) is 13.2 Å². The minimum atomic E-state index is -0.998. The topological polar surface area (TPSA) is 110 Å². The molecule has 9 nitrogen and oxygen atoms in total. The van der Waals surface area contributed by atoms with E-state index in [-0.39, 0.29) is 19.6 Å². The van der Waals surface area contributed by atoms with Crippen molar-refractivity contribution in [2.24, 2.45) is 0 Å². The molecule has 0 spiro atoms. The Morgan fingerprint density at radius 2 is 2.00 bits per heavy atom. The Labute approximate surface area is 204 Å². The fourth-order valence-electron chi connectivity index (χ4n) is 3.95. The lowest BCUT2D eigenvalue weighted by molar-refractivity contribution is -0.144. The average Bonchev–Trinajstić information content (AvgIpc) is 3.26. The van der Waals surface area contributed by atoms with Gasteiger partial charge in [0.05, 0.1) is 31.7 Å². The highest BCUT2D eigenvalue weighted by atomic mass is 35.5. The Hall–Kier alpha value is -2.78. The minimum absolute atomic E-state index is 0.110. The Balaban J connectivity index is 1.89. The van der Waals surface area contributed by atoms with E-state index >= 15 is 0 Å². The summed E-state index contributed by atoms with van der Waals surface area (Å²) in [5.74, 6) is -0.930. The van der Waals surface area contributed by atoms with Gasteiger partial charge in [-0.3, -0.25) is 14.5 Å².